The second-order valence-corrected chi connectivity index (χ2v) is 5.17. The monoisotopic (exact) mass is 289 g/mol. The molecule has 1 fully saturated rings. The van der Waals surface area contributed by atoms with Crippen LogP contribution in [0.4, 0.5) is 15.0 Å². The van der Waals surface area contributed by atoms with Gasteiger partial charge in [-0.05, 0) is 24.1 Å². The summed E-state index contributed by atoms with van der Waals surface area (Å²) in [5.74, 6) is 0.239. The Hall–Kier alpha value is -2.44. The first-order valence-corrected chi connectivity index (χ1v) is 6.78. The second-order valence-electron chi connectivity index (χ2n) is 5.17. The van der Waals surface area contributed by atoms with Gasteiger partial charge in [0.2, 0.25) is 0 Å². The third-order valence-corrected chi connectivity index (χ3v) is 3.63. The van der Waals surface area contributed by atoms with Gasteiger partial charge in [0.25, 0.3) is 0 Å². The average molecular weight is 289 g/mol. The largest absolute Gasteiger partial charge is 0.324 e. The average Bonchev–Trinajstić information content (AvgIpc) is 3.10. The molecular formula is C14H16FN5O. The van der Waals surface area contributed by atoms with E-state index < -0.39 is 5.82 Å². The Morgan fingerprint density at radius 2 is 2.29 bits per heavy atom. The fourth-order valence-corrected chi connectivity index (χ4v) is 2.51. The van der Waals surface area contributed by atoms with Gasteiger partial charge >= 0.3 is 6.03 Å². The molecule has 3 heterocycles. The summed E-state index contributed by atoms with van der Waals surface area (Å²) in [5, 5.41) is 6.84. The Morgan fingerprint density at radius 1 is 1.43 bits per heavy atom. The first-order valence-electron chi connectivity index (χ1n) is 6.78. The van der Waals surface area contributed by atoms with E-state index in [2.05, 4.69) is 15.4 Å². The van der Waals surface area contributed by atoms with E-state index in [0.717, 1.165) is 18.2 Å². The normalized spacial score (nSPS) is 18.0. The first-order chi connectivity index (χ1) is 10.1. The highest BCUT2D eigenvalue weighted by Gasteiger charge is 2.28. The second kappa shape index (κ2) is 5.51. The Balaban J connectivity index is 1.60. The number of rotatable bonds is 2. The van der Waals surface area contributed by atoms with Crippen molar-refractivity contribution < 1.29 is 9.18 Å². The number of hydrogen-bond acceptors (Lipinski definition) is 3. The SMILES string of the molecule is Cn1cc([C@H]2CCN(C(=O)Nc3ccc(F)cn3)C2)cn1. The van der Waals surface area contributed by atoms with Crippen molar-refractivity contribution in [2.24, 2.45) is 7.05 Å². The molecule has 6 nitrogen and oxygen atoms in total. The lowest BCUT2D eigenvalue weighted by atomic mass is 10.0. The summed E-state index contributed by atoms with van der Waals surface area (Å²) in [5.41, 5.74) is 1.15. The number of carbonyl (C=O) groups excluding carboxylic acids is 1. The molecule has 0 unspecified atom stereocenters. The summed E-state index contributed by atoms with van der Waals surface area (Å²) in [4.78, 5) is 17.7. The number of anilines is 1. The minimum atomic E-state index is -0.425. The van der Waals surface area contributed by atoms with E-state index in [4.69, 9.17) is 0 Å². The molecule has 1 aliphatic heterocycles. The Labute approximate surface area is 121 Å². The molecule has 1 N–H and O–H groups in total. The lowest BCUT2D eigenvalue weighted by Crippen LogP contribution is -2.33. The zero-order valence-corrected chi connectivity index (χ0v) is 11.7. The van der Waals surface area contributed by atoms with Crippen LogP contribution in [0.1, 0.15) is 17.9 Å². The number of halogens is 1. The lowest BCUT2D eigenvalue weighted by molar-refractivity contribution is 0.222. The number of carbonyl (C=O) groups is 1. The van der Waals surface area contributed by atoms with E-state index in [1.54, 1.807) is 9.58 Å². The number of likely N-dealkylation sites (tertiary alicyclic amines) is 1. The molecule has 21 heavy (non-hydrogen) atoms. The standard InChI is InChI=1S/C14H16FN5O/c1-19-8-11(6-17-19)10-4-5-20(9-10)14(21)18-13-3-2-12(15)7-16-13/h2-3,6-8,10H,4-5,9H2,1H3,(H,16,18,21)/t10-/m0/s1. The quantitative estimate of drug-likeness (QED) is 0.919. The van der Waals surface area contributed by atoms with Gasteiger partial charge in [-0.3, -0.25) is 10.00 Å². The van der Waals surface area contributed by atoms with Crippen molar-refractivity contribution in [3.05, 3.63) is 42.1 Å². The van der Waals surface area contributed by atoms with Crippen LogP contribution in [0.2, 0.25) is 0 Å². The van der Waals surface area contributed by atoms with Gasteiger partial charge in [0.1, 0.15) is 11.6 Å². The van der Waals surface area contributed by atoms with E-state index in [1.165, 1.54) is 12.1 Å². The molecular weight excluding hydrogens is 273 g/mol. The fraction of sp³-hybridized carbons (Fsp3) is 0.357. The molecule has 0 saturated carbocycles. The molecule has 0 radical (unpaired) electrons. The van der Waals surface area contributed by atoms with Gasteiger partial charge in [0, 0.05) is 32.3 Å². The van der Waals surface area contributed by atoms with Gasteiger partial charge in [-0.25, -0.2) is 14.2 Å². The maximum absolute atomic E-state index is 12.8. The minimum Gasteiger partial charge on any atom is -0.324 e. The number of hydrogen-bond donors (Lipinski definition) is 1. The number of aryl methyl sites for hydroxylation is 1. The lowest BCUT2D eigenvalue weighted by Gasteiger charge is -2.16. The van der Waals surface area contributed by atoms with Crippen molar-refractivity contribution in [3.8, 4) is 0 Å². The summed E-state index contributed by atoms with van der Waals surface area (Å²) in [6, 6.07) is 2.51. The van der Waals surface area contributed by atoms with E-state index >= 15 is 0 Å². The third-order valence-electron chi connectivity index (χ3n) is 3.63. The molecule has 1 aliphatic rings. The van der Waals surface area contributed by atoms with Crippen molar-refractivity contribution in [2.45, 2.75) is 12.3 Å². The van der Waals surface area contributed by atoms with Crippen LogP contribution in [0.5, 0.6) is 0 Å². The Morgan fingerprint density at radius 3 is 2.95 bits per heavy atom. The van der Waals surface area contributed by atoms with E-state index in [-0.39, 0.29) is 6.03 Å². The minimum absolute atomic E-state index is 0.208. The van der Waals surface area contributed by atoms with Crippen LogP contribution in [0.25, 0.3) is 0 Å². The van der Waals surface area contributed by atoms with Gasteiger partial charge in [0.05, 0.1) is 12.4 Å². The topological polar surface area (TPSA) is 63.1 Å². The van der Waals surface area contributed by atoms with Crippen LogP contribution in [-0.4, -0.2) is 38.8 Å². The number of urea groups is 1. The molecule has 0 spiro atoms. The van der Waals surface area contributed by atoms with Crippen molar-refractivity contribution in [1.82, 2.24) is 19.7 Å². The Bertz CT molecular complexity index is 639. The highest BCUT2D eigenvalue weighted by Crippen LogP contribution is 2.26. The molecule has 1 saturated heterocycles. The number of nitrogens with zero attached hydrogens (tertiary/aromatic N) is 4. The van der Waals surface area contributed by atoms with Gasteiger partial charge in [0.15, 0.2) is 0 Å². The predicted octanol–water partition coefficient (Wildman–Crippen LogP) is 1.98. The highest BCUT2D eigenvalue weighted by molar-refractivity contribution is 5.88. The van der Waals surface area contributed by atoms with Crippen LogP contribution in [0.15, 0.2) is 30.7 Å². The van der Waals surface area contributed by atoms with Crippen LogP contribution < -0.4 is 5.32 Å². The third kappa shape index (κ3) is 3.01. The molecule has 0 bridgehead atoms. The van der Waals surface area contributed by atoms with Crippen LogP contribution in [0, 0.1) is 5.82 Å². The zero-order chi connectivity index (χ0) is 14.8. The van der Waals surface area contributed by atoms with Crippen LogP contribution >= 0.6 is 0 Å². The fourth-order valence-electron chi connectivity index (χ4n) is 2.51. The summed E-state index contributed by atoms with van der Waals surface area (Å²) >= 11 is 0. The molecule has 2 aromatic rings. The number of aromatic nitrogens is 3. The van der Waals surface area contributed by atoms with Gasteiger partial charge < -0.3 is 4.90 Å². The molecule has 110 valence electrons. The molecule has 1 atom stereocenters. The van der Waals surface area contributed by atoms with Crippen LogP contribution in [0.3, 0.4) is 0 Å². The summed E-state index contributed by atoms with van der Waals surface area (Å²) in [6.45, 7) is 1.34. The maximum atomic E-state index is 12.8. The maximum Gasteiger partial charge on any atom is 0.323 e. The molecule has 0 aromatic carbocycles. The number of nitrogens with one attached hydrogen (secondary N) is 1. The van der Waals surface area contributed by atoms with Gasteiger partial charge in [-0.1, -0.05) is 0 Å². The van der Waals surface area contributed by atoms with Crippen molar-refractivity contribution in [1.29, 1.82) is 0 Å². The molecule has 3 rings (SSSR count). The van der Waals surface area contributed by atoms with E-state index in [0.29, 0.717) is 24.8 Å². The van der Waals surface area contributed by atoms with Crippen molar-refractivity contribution in [2.75, 3.05) is 18.4 Å². The van der Waals surface area contributed by atoms with Gasteiger partial charge in [-0.15, -0.1) is 0 Å². The summed E-state index contributed by atoms with van der Waals surface area (Å²) in [6.07, 6.45) is 5.81. The van der Waals surface area contributed by atoms with Crippen molar-refractivity contribution in [3.63, 3.8) is 0 Å². The molecule has 7 heteroatoms. The zero-order valence-electron chi connectivity index (χ0n) is 11.7. The van der Waals surface area contributed by atoms with Gasteiger partial charge in [-0.2, -0.15) is 5.10 Å². The van der Waals surface area contributed by atoms with Crippen LogP contribution in [-0.2, 0) is 7.05 Å². The number of amides is 2. The first kappa shape index (κ1) is 13.5. The molecule has 2 aromatic heterocycles. The smallest absolute Gasteiger partial charge is 0.323 e. The van der Waals surface area contributed by atoms with Crippen molar-refractivity contribution >= 4 is 11.8 Å². The van der Waals surface area contributed by atoms with E-state index in [9.17, 15) is 9.18 Å². The molecule has 2 amide bonds. The Kier molecular flexibility index (Phi) is 3.55. The summed E-state index contributed by atoms with van der Waals surface area (Å²) < 4.78 is 14.5. The number of pyridine rings is 1. The summed E-state index contributed by atoms with van der Waals surface area (Å²) in [7, 11) is 1.88. The highest BCUT2D eigenvalue weighted by atomic mass is 19.1. The molecule has 0 aliphatic carbocycles. The van der Waals surface area contributed by atoms with E-state index in [1.807, 2.05) is 19.4 Å². The predicted molar refractivity (Wildman–Crippen MR) is 75.4 cm³/mol.